The van der Waals surface area contributed by atoms with Gasteiger partial charge in [0.1, 0.15) is 13.2 Å². The quantitative estimate of drug-likeness (QED) is 0.112. The second-order valence-electron chi connectivity index (χ2n) is 8.59. The molecule has 0 aliphatic carbocycles. The molecule has 0 aromatic heterocycles. The number of nitrogens with zero attached hydrogens (tertiary/aromatic N) is 2. The van der Waals surface area contributed by atoms with Crippen molar-refractivity contribution in [2.45, 2.75) is 13.2 Å². The van der Waals surface area contributed by atoms with E-state index in [0.29, 0.717) is 39.6 Å². The minimum Gasteiger partial charge on any atom is -0.493 e. The third-order valence-electron chi connectivity index (χ3n) is 5.80. The first-order valence-corrected chi connectivity index (χ1v) is 13.1. The van der Waals surface area contributed by atoms with Crippen LogP contribution in [-0.2, 0) is 13.2 Å². The molecule has 4 rings (SSSR count). The number of hydrogen-bond acceptors (Lipinski definition) is 8. The van der Waals surface area contributed by atoms with E-state index >= 15 is 0 Å². The Bertz CT molecular complexity index is 1560. The van der Waals surface area contributed by atoms with Crippen LogP contribution in [-0.4, -0.2) is 31.3 Å². The molecule has 0 unspecified atom stereocenters. The van der Waals surface area contributed by atoms with Crippen LogP contribution in [0.3, 0.4) is 0 Å². The Labute approximate surface area is 244 Å². The zero-order valence-electron chi connectivity index (χ0n) is 22.2. The summed E-state index contributed by atoms with van der Waals surface area (Å²) in [6.45, 7) is 0.655. The Kier molecular flexibility index (Phi) is 9.89. The van der Waals surface area contributed by atoms with Crippen LogP contribution in [0.2, 0.25) is 0 Å². The molecule has 0 aliphatic heterocycles. The van der Waals surface area contributed by atoms with Gasteiger partial charge >= 0.3 is 0 Å². The van der Waals surface area contributed by atoms with Gasteiger partial charge in [0, 0.05) is 17.7 Å². The van der Waals surface area contributed by atoms with E-state index in [1.54, 1.807) is 19.2 Å². The molecular formula is C30H26BrN3O7. The van der Waals surface area contributed by atoms with Gasteiger partial charge < -0.3 is 18.9 Å². The van der Waals surface area contributed by atoms with Gasteiger partial charge in [0.05, 0.1) is 29.8 Å². The highest BCUT2D eigenvalue weighted by Crippen LogP contribution is 2.37. The molecule has 11 heteroatoms. The number of non-ortho nitro benzene ring substituents is 1. The molecule has 0 radical (unpaired) electrons. The lowest BCUT2D eigenvalue weighted by molar-refractivity contribution is -0.384. The zero-order chi connectivity index (χ0) is 29.2. The lowest BCUT2D eigenvalue weighted by Gasteiger charge is -2.15. The predicted molar refractivity (Wildman–Crippen MR) is 157 cm³/mol. The van der Waals surface area contributed by atoms with Crippen molar-refractivity contribution in [1.82, 2.24) is 5.43 Å². The smallest absolute Gasteiger partial charge is 0.271 e. The Hall–Kier alpha value is -4.90. The zero-order valence-corrected chi connectivity index (χ0v) is 23.8. The minimum absolute atomic E-state index is 0.117. The summed E-state index contributed by atoms with van der Waals surface area (Å²) in [5.74, 6) is 1.56. The van der Waals surface area contributed by atoms with E-state index in [4.69, 9.17) is 18.9 Å². The van der Waals surface area contributed by atoms with Gasteiger partial charge in [-0.25, -0.2) is 5.43 Å². The molecule has 10 nitrogen and oxygen atoms in total. The molecule has 4 aromatic rings. The van der Waals surface area contributed by atoms with Crippen LogP contribution < -0.4 is 24.4 Å². The summed E-state index contributed by atoms with van der Waals surface area (Å²) in [5.41, 5.74) is 4.82. The third-order valence-corrected chi connectivity index (χ3v) is 6.39. The van der Waals surface area contributed by atoms with Gasteiger partial charge in [0.15, 0.2) is 23.0 Å². The number of nitrogens with one attached hydrogen (secondary N) is 1. The topological polar surface area (TPSA) is 122 Å². The van der Waals surface area contributed by atoms with E-state index in [1.807, 2.05) is 48.5 Å². The van der Waals surface area contributed by atoms with Crippen LogP contribution in [0.5, 0.6) is 23.0 Å². The maximum absolute atomic E-state index is 12.3. The first-order chi connectivity index (χ1) is 19.9. The van der Waals surface area contributed by atoms with Crippen molar-refractivity contribution in [3.05, 3.63) is 122 Å². The average Bonchev–Trinajstić information content (AvgIpc) is 2.99. The first kappa shape index (κ1) is 29.1. The fourth-order valence-electron chi connectivity index (χ4n) is 3.76. The lowest BCUT2D eigenvalue weighted by atomic mass is 10.2. The lowest BCUT2D eigenvalue weighted by Crippen LogP contribution is -2.17. The summed E-state index contributed by atoms with van der Waals surface area (Å²) in [6, 6.07) is 24.3. The number of rotatable bonds is 12. The Balaban J connectivity index is 1.40. The van der Waals surface area contributed by atoms with Crippen molar-refractivity contribution >= 4 is 33.7 Å². The van der Waals surface area contributed by atoms with Crippen molar-refractivity contribution in [1.29, 1.82) is 0 Å². The van der Waals surface area contributed by atoms with Crippen LogP contribution in [0.25, 0.3) is 0 Å². The monoisotopic (exact) mass is 619 g/mol. The van der Waals surface area contributed by atoms with Crippen LogP contribution in [0.4, 0.5) is 5.69 Å². The molecular weight excluding hydrogens is 594 g/mol. The number of nitro groups is 1. The van der Waals surface area contributed by atoms with E-state index in [0.717, 1.165) is 11.1 Å². The number of benzene rings is 4. The number of methoxy groups -OCH3 is 2. The number of amides is 1. The molecule has 1 N–H and O–H groups in total. The second-order valence-corrected chi connectivity index (χ2v) is 9.44. The predicted octanol–water partition coefficient (Wildman–Crippen LogP) is 6.30. The molecule has 1 amide bonds. The fourth-order valence-corrected chi connectivity index (χ4v) is 4.33. The Morgan fingerprint density at radius 2 is 1.63 bits per heavy atom. The molecule has 0 aliphatic rings. The average molecular weight is 620 g/mol. The number of hydrazone groups is 1. The number of hydrogen-bond donors (Lipinski definition) is 1. The highest BCUT2D eigenvalue weighted by molar-refractivity contribution is 9.10. The maximum Gasteiger partial charge on any atom is 0.271 e. The standard InChI is InChI=1S/C30H26BrN3O7/c1-38-27-14-21(11-12-26(27)40-18-20-7-4-3-5-8-20)19-41-29-25(31)13-22(15-28(29)39-2)17-32-33-30(35)23-9-6-10-24(16-23)34(36)37/h3-17H,18-19H2,1-2H3,(H,33,35)/b32-17+. The summed E-state index contributed by atoms with van der Waals surface area (Å²) in [7, 11) is 3.10. The van der Waals surface area contributed by atoms with Crippen molar-refractivity contribution in [3.63, 3.8) is 0 Å². The summed E-state index contributed by atoms with van der Waals surface area (Å²) in [6.07, 6.45) is 1.42. The highest BCUT2D eigenvalue weighted by atomic mass is 79.9. The molecule has 0 spiro atoms. The van der Waals surface area contributed by atoms with Crippen LogP contribution >= 0.6 is 15.9 Å². The van der Waals surface area contributed by atoms with Crippen molar-refractivity contribution in [2.75, 3.05) is 14.2 Å². The number of carbonyl (C=O) groups excluding carboxylic acids is 1. The SMILES string of the molecule is COc1cc(COc2c(Br)cc(/C=N/NC(=O)c3cccc([N+](=O)[O-])c3)cc2OC)ccc1OCc1ccccc1. The maximum atomic E-state index is 12.3. The van der Waals surface area contributed by atoms with Gasteiger partial charge in [0.2, 0.25) is 0 Å². The van der Waals surface area contributed by atoms with E-state index < -0.39 is 10.8 Å². The molecule has 0 bridgehead atoms. The third kappa shape index (κ3) is 7.83. The fraction of sp³-hybridized carbons (Fsp3) is 0.133. The Morgan fingerprint density at radius 3 is 2.37 bits per heavy atom. The first-order valence-electron chi connectivity index (χ1n) is 12.3. The van der Waals surface area contributed by atoms with Crippen molar-refractivity contribution in [2.24, 2.45) is 5.10 Å². The summed E-state index contributed by atoms with van der Waals surface area (Å²) >= 11 is 3.51. The van der Waals surface area contributed by atoms with E-state index in [9.17, 15) is 14.9 Å². The van der Waals surface area contributed by atoms with Crippen molar-refractivity contribution in [3.8, 4) is 23.0 Å². The van der Waals surface area contributed by atoms with E-state index in [1.165, 1.54) is 37.6 Å². The van der Waals surface area contributed by atoms with Gasteiger partial charge in [0.25, 0.3) is 11.6 Å². The van der Waals surface area contributed by atoms with E-state index in [-0.39, 0.29) is 17.9 Å². The number of carbonyl (C=O) groups is 1. The molecule has 0 atom stereocenters. The number of halogens is 1. The Morgan fingerprint density at radius 1 is 0.878 bits per heavy atom. The second kappa shape index (κ2) is 13.9. The molecule has 0 heterocycles. The van der Waals surface area contributed by atoms with Crippen LogP contribution in [0.1, 0.15) is 27.0 Å². The molecule has 0 saturated carbocycles. The van der Waals surface area contributed by atoms with Crippen molar-refractivity contribution < 1.29 is 28.7 Å². The van der Waals surface area contributed by atoms with Crippen LogP contribution in [0.15, 0.2) is 94.5 Å². The summed E-state index contributed by atoms with van der Waals surface area (Å²) < 4.78 is 23.6. The van der Waals surface area contributed by atoms with Gasteiger partial charge in [-0.05, 0) is 63.0 Å². The molecule has 0 saturated heterocycles. The largest absolute Gasteiger partial charge is 0.493 e. The number of ether oxygens (including phenoxy) is 4. The molecule has 41 heavy (non-hydrogen) atoms. The molecule has 4 aromatic carbocycles. The van der Waals surface area contributed by atoms with Crippen LogP contribution in [0, 0.1) is 10.1 Å². The summed E-state index contributed by atoms with van der Waals surface area (Å²) in [5, 5.41) is 14.9. The van der Waals surface area contributed by atoms with Gasteiger partial charge in [-0.2, -0.15) is 5.10 Å². The van der Waals surface area contributed by atoms with Gasteiger partial charge in [-0.15, -0.1) is 0 Å². The highest BCUT2D eigenvalue weighted by Gasteiger charge is 2.14. The number of nitro benzene ring substituents is 1. The molecule has 210 valence electrons. The normalized spacial score (nSPS) is 10.7. The van der Waals surface area contributed by atoms with E-state index in [2.05, 4.69) is 26.5 Å². The van der Waals surface area contributed by atoms with Gasteiger partial charge in [-0.3, -0.25) is 14.9 Å². The van der Waals surface area contributed by atoms with Gasteiger partial charge in [-0.1, -0.05) is 42.5 Å². The molecule has 0 fully saturated rings. The summed E-state index contributed by atoms with van der Waals surface area (Å²) in [4.78, 5) is 22.7. The minimum atomic E-state index is -0.581.